The molecule has 0 amide bonds. The molecule has 312 valence electrons. The van der Waals surface area contributed by atoms with Crippen LogP contribution >= 0.6 is 11.3 Å². The number of carboxylic acid groups (broad SMARTS) is 1. The number of nitrogens with zero attached hydrogens (tertiary/aromatic N) is 6. The highest BCUT2D eigenvalue weighted by atomic mass is 32.1. The quantitative estimate of drug-likeness (QED) is 0.111. The van der Waals surface area contributed by atoms with Gasteiger partial charge in [0, 0.05) is 48.7 Å². The van der Waals surface area contributed by atoms with Crippen LogP contribution in [0.5, 0.6) is 5.75 Å². The van der Waals surface area contributed by atoms with E-state index in [0.717, 1.165) is 108 Å². The normalized spacial score (nSPS) is 28.1. The minimum Gasteiger partial charge on any atom is -0.497 e. The molecule has 4 aliphatic carbocycles. The Morgan fingerprint density at radius 2 is 1.81 bits per heavy atom. The topological polar surface area (TPSA) is 151 Å². The third kappa shape index (κ3) is 7.59. The summed E-state index contributed by atoms with van der Waals surface area (Å²) in [4.78, 5) is 37.2. The molecule has 10 rings (SSSR count). The van der Waals surface area contributed by atoms with Crippen molar-refractivity contribution in [3.05, 3.63) is 65.1 Å². The molecule has 0 radical (unpaired) electrons. The highest BCUT2D eigenvalue weighted by Crippen LogP contribution is 2.71. The molecule has 4 N–H and O–H groups in total. The summed E-state index contributed by atoms with van der Waals surface area (Å²) < 4.78 is 13.4. The Morgan fingerprint density at radius 1 is 1.03 bits per heavy atom. The van der Waals surface area contributed by atoms with Gasteiger partial charge < -0.3 is 35.4 Å². The first kappa shape index (κ1) is 39.8. The highest BCUT2D eigenvalue weighted by molar-refractivity contribution is 7.22. The number of aliphatic imine (C=N–C) groups is 1. The van der Waals surface area contributed by atoms with E-state index in [4.69, 9.17) is 35.2 Å². The van der Waals surface area contributed by atoms with Crippen LogP contribution in [0.3, 0.4) is 0 Å². The Balaban J connectivity index is 0.943. The number of carbonyl (C=O) groups is 1. The summed E-state index contributed by atoms with van der Waals surface area (Å²) in [6.45, 7) is 14.5. The van der Waals surface area contributed by atoms with Gasteiger partial charge in [0.1, 0.15) is 17.4 Å². The van der Waals surface area contributed by atoms with Crippen LogP contribution in [0.15, 0.2) is 47.7 Å². The molecule has 1 saturated heterocycles. The molecule has 6 aliphatic rings. The van der Waals surface area contributed by atoms with Crippen molar-refractivity contribution in [3.63, 3.8) is 0 Å². The van der Waals surface area contributed by atoms with Crippen LogP contribution in [0.1, 0.15) is 106 Å². The number of hydrogen-bond acceptors (Lipinski definition) is 12. The van der Waals surface area contributed by atoms with Crippen molar-refractivity contribution in [1.82, 2.24) is 19.9 Å². The van der Waals surface area contributed by atoms with Crippen molar-refractivity contribution in [1.29, 1.82) is 0 Å². The molecule has 2 unspecified atom stereocenters. The molecule has 59 heavy (non-hydrogen) atoms. The van der Waals surface area contributed by atoms with Gasteiger partial charge in [-0.25, -0.2) is 19.7 Å². The molecule has 5 heterocycles. The molecule has 13 heteroatoms. The number of nitrogens with one attached hydrogen (secondary N) is 1. The van der Waals surface area contributed by atoms with Crippen LogP contribution < -0.4 is 20.7 Å². The number of pyridine rings is 2. The van der Waals surface area contributed by atoms with Gasteiger partial charge in [0.25, 0.3) is 0 Å². The Labute approximate surface area is 351 Å². The van der Waals surface area contributed by atoms with Crippen LogP contribution in [-0.4, -0.2) is 88.7 Å². The van der Waals surface area contributed by atoms with Crippen molar-refractivity contribution in [2.75, 3.05) is 56.7 Å². The van der Waals surface area contributed by atoms with E-state index in [-0.39, 0.29) is 27.5 Å². The van der Waals surface area contributed by atoms with Crippen LogP contribution in [0.25, 0.3) is 15.8 Å². The predicted octanol–water partition coefficient (Wildman–Crippen LogP) is 8.92. The van der Waals surface area contributed by atoms with E-state index in [0.29, 0.717) is 30.0 Å². The average Bonchev–Trinajstić information content (AvgIpc) is 3.86. The van der Waals surface area contributed by atoms with E-state index in [1.807, 2.05) is 43.5 Å². The molecule has 2 atom stereocenters. The van der Waals surface area contributed by atoms with Gasteiger partial charge in [-0.15, -0.1) is 0 Å². The lowest BCUT2D eigenvalue weighted by Crippen LogP contribution is -2.64. The zero-order valence-corrected chi connectivity index (χ0v) is 36.0. The number of thiazole rings is 1. The first-order valence-corrected chi connectivity index (χ1v) is 22.1. The highest BCUT2D eigenvalue weighted by Gasteiger charge is 2.66. The molecule has 4 aromatic rings. The third-order valence-corrected chi connectivity index (χ3v) is 14.8. The summed E-state index contributed by atoms with van der Waals surface area (Å²) in [5, 5.41) is 14.8. The SMILES string of the molecule is COc1ccc2sc(Nc3ncc4c(c3C)CCCN4c3ccc(C(=CN)C(C)=NCC45CC6(C)CC(C)(C4)CC(OCCN4CCCC4)(C6)C5)c(C(=O)O)n3)nc2c1. The van der Waals surface area contributed by atoms with E-state index < -0.39 is 5.97 Å². The Hall–Kier alpha value is -4.59. The van der Waals surface area contributed by atoms with Gasteiger partial charge in [-0.3, -0.25) is 4.99 Å². The molecule has 5 fully saturated rings. The summed E-state index contributed by atoms with van der Waals surface area (Å²) in [5.74, 6) is 0.965. The maximum Gasteiger partial charge on any atom is 0.355 e. The minimum atomic E-state index is -1.11. The summed E-state index contributed by atoms with van der Waals surface area (Å²) in [6.07, 6.45) is 14.5. The largest absolute Gasteiger partial charge is 0.497 e. The molecule has 4 saturated carbocycles. The second-order valence-electron chi connectivity index (χ2n) is 18.9. The lowest BCUT2D eigenvalue weighted by molar-refractivity contribution is -0.242. The minimum absolute atomic E-state index is 0.0380. The van der Waals surface area contributed by atoms with Crippen molar-refractivity contribution in [2.45, 2.75) is 97.5 Å². The van der Waals surface area contributed by atoms with Gasteiger partial charge in [0.05, 0.1) is 41.4 Å². The Bertz CT molecular complexity index is 2330. The number of rotatable bonds is 13. The van der Waals surface area contributed by atoms with E-state index in [2.05, 4.69) is 35.9 Å². The van der Waals surface area contributed by atoms with Crippen molar-refractivity contribution < 1.29 is 19.4 Å². The molecule has 2 aliphatic heterocycles. The van der Waals surface area contributed by atoms with Gasteiger partial charge in [-0.2, -0.15) is 0 Å². The van der Waals surface area contributed by atoms with Crippen molar-refractivity contribution in [3.8, 4) is 5.75 Å². The second-order valence-corrected chi connectivity index (χ2v) is 20.0. The van der Waals surface area contributed by atoms with Crippen LogP contribution in [0, 0.1) is 23.2 Å². The first-order chi connectivity index (χ1) is 28.3. The molecular weight excluding hydrogens is 761 g/mol. The fraction of sp³-hybridized carbons (Fsp3) is 0.543. The van der Waals surface area contributed by atoms with Gasteiger partial charge >= 0.3 is 5.97 Å². The zero-order chi connectivity index (χ0) is 41.2. The average molecular weight is 819 g/mol. The number of allylic oxidation sites excluding steroid dienone is 1. The lowest BCUT2D eigenvalue weighted by Gasteiger charge is -2.69. The number of aromatic nitrogens is 3. The number of methoxy groups -OCH3 is 1. The monoisotopic (exact) mass is 818 g/mol. The molecular formula is C46H58N8O4S. The fourth-order valence-electron chi connectivity index (χ4n) is 12.6. The summed E-state index contributed by atoms with van der Waals surface area (Å²) in [5.41, 5.74) is 12.4. The Kier molecular flexibility index (Phi) is 10.2. The summed E-state index contributed by atoms with van der Waals surface area (Å²) in [6, 6.07) is 9.61. The van der Waals surface area contributed by atoms with Gasteiger partial charge in [-0.1, -0.05) is 25.2 Å². The van der Waals surface area contributed by atoms with Crippen LogP contribution in [-0.2, 0) is 11.2 Å². The number of likely N-dealkylation sites (tertiary alicyclic amines) is 1. The van der Waals surface area contributed by atoms with Crippen molar-refractivity contribution >= 4 is 61.3 Å². The van der Waals surface area contributed by atoms with E-state index in [1.165, 1.54) is 38.6 Å². The van der Waals surface area contributed by atoms with Gasteiger partial charge in [0.2, 0.25) is 0 Å². The number of ether oxygens (including phenoxy) is 2. The number of anilines is 4. The zero-order valence-electron chi connectivity index (χ0n) is 35.2. The molecule has 4 bridgehead atoms. The number of aromatic carboxylic acids is 1. The smallest absolute Gasteiger partial charge is 0.355 e. The van der Waals surface area contributed by atoms with Crippen LogP contribution in [0.2, 0.25) is 0 Å². The second kappa shape index (κ2) is 15.1. The standard InChI is InChI=1S/C46H58N8O4S/c1-29-32-9-8-16-54(36(32)21-48-40(29)52-42-50-35-19-31(57-5)10-12-37(35)59-42)38-13-11-33(39(51-38)41(55)56)34(20-47)30(2)49-28-45-23-43(3)22-44(4,24-45)26-46(25-43,27-45)58-18-17-53-14-6-7-15-53/h10-13,19-21H,6-9,14-18,22-28,47H2,1-5H3,(H,55,56)(H,48,50,52). The number of fused-ring (bicyclic) bond motifs is 2. The fourth-order valence-corrected chi connectivity index (χ4v) is 13.4. The summed E-state index contributed by atoms with van der Waals surface area (Å²) >= 11 is 1.57. The maximum atomic E-state index is 12.9. The molecule has 12 nitrogen and oxygen atoms in total. The number of benzene rings is 1. The lowest BCUT2D eigenvalue weighted by atomic mass is 9.39. The van der Waals surface area contributed by atoms with E-state index in [1.54, 1.807) is 18.4 Å². The number of carboxylic acids is 1. The third-order valence-electron chi connectivity index (χ3n) is 13.9. The molecule has 3 aromatic heterocycles. The molecule has 0 spiro atoms. The van der Waals surface area contributed by atoms with Crippen LogP contribution in [0.4, 0.5) is 22.5 Å². The van der Waals surface area contributed by atoms with Gasteiger partial charge in [-0.05, 0) is 143 Å². The Morgan fingerprint density at radius 3 is 2.54 bits per heavy atom. The van der Waals surface area contributed by atoms with E-state index >= 15 is 0 Å². The van der Waals surface area contributed by atoms with E-state index in [9.17, 15) is 9.90 Å². The number of hydrogen-bond donors (Lipinski definition) is 3. The number of nitrogens with two attached hydrogens (primary N) is 1. The van der Waals surface area contributed by atoms with Gasteiger partial charge in [0.15, 0.2) is 10.8 Å². The predicted molar refractivity (Wildman–Crippen MR) is 236 cm³/mol. The van der Waals surface area contributed by atoms with Crippen molar-refractivity contribution in [2.24, 2.45) is 27.0 Å². The molecule has 1 aromatic carbocycles. The maximum absolute atomic E-state index is 12.9. The first-order valence-electron chi connectivity index (χ1n) is 21.3. The summed E-state index contributed by atoms with van der Waals surface area (Å²) in [7, 11) is 1.65.